The molecule has 1 fully saturated rings. The number of thiophene rings is 1. The van der Waals surface area contributed by atoms with Gasteiger partial charge < -0.3 is 9.30 Å². The average molecular weight is 293 g/mol. The van der Waals surface area contributed by atoms with Crippen molar-refractivity contribution in [2.24, 2.45) is 5.92 Å². The van der Waals surface area contributed by atoms with Crippen molar-refractivity contribution in [2.45, 2.75) is 45.9 Å². The van der Waals surface area contributed by atoms with E-state index in [4.69, 9.17) is 17.0 Å². The van der Waals surface area contributed by atoms with Crippen molar-refractivity contribution in [2.75, 3.05) is 0 Å². The maximum absolute atomic E-state index is 6.15. The first-order valence-corrected chi connectivity index (χ1v) is 8.09. The van der Waals surface area contributed by atoms with Crippen LogP contribution in [0, 0.1) is 17.5 Å². The number of pyridine rings is 1. The van der Waals surface area contributed by atoms with Gasteiger partial charge in [0, 0.05) is 21.2 Å². The van der Waals surface area contributed by atoms with Crippen molar-refractivity contribution in [3.05, 3.63) is 27.8 Å². The first kappa shape index (κ1) is 13.3. The molecule has 1 aliphatic rings. The Kier molecular flexibility index (Phi) is 3.50. The van der Waals surface area contributed by atoms with Crippen LogP contribution in [0.2, 0.25) is 0 Å². The van der Waals surface area contributed by atoms with Crippen LogP contribution in [-0.2, 0) is 4.74 Å². The fourth-order valence-electron chi connectivity index (χ4n) is 2.94. The van der Waals surface area contributed by atoms with Crippen LogP contribution < -0.4 is 0 Å². The normalized spacial score (nSPS) is 27.2. The van der Waals surface area contributed by atoms with E-state index in [1.807, 2.05) is 0 Å². The molecule has 4 heteroatoms. The number of ether oxygens (including phenoxy) is 1. The quantitative estimate of drug-likeness (QED) is 0.717. The van der Waals surface area contributed by atoms with Crippen LogP contribution in [0.25, 0.3) is 10.1 Å². The van der Waals surface area contributed by atoms with Crippen molar-refractivity contribution < 1.29 is 4.74 Å². The predicted octanol–water partition coefficient (Wildman–Crippen LogP) is 5.07. The molecule has 2 aromatic rings. The summed E-state index contributed by atoms with van der Waals surface area (Å²) in [5.41, 5.74) is 0. The molecular formula is C15H19NOS2. The zero-order valence-corrected chi connectivity index (χ0v) is 13.2. The Bertz CT molecular complexity index is 658. The lowest BCUT2D eigenvalue weighted by atomic mass is 10.0. The summed E-state index contributed by atoms with van der Waals surface area (Å²) in [6, 6.07) is 4.35. The highest BCUT2D eigenvalue weighted by atomic mass is 32.1. The first-order chi connectivity index (χ1) is 9.10. The summed E-state index contributed by atoms with van der Waals surface area (Å²) in [7, 11) is 0. The van der Waals surface area contributed by atoms with Gasteiger partial charge in [-0.15, -0.1) is 11.3 Å². The van der Waals surface area contributed by atoms with Crippen LogP contribution in [-0.4, -0.2) is 10.7 Å². The van der Waals surface area contributed by atoms with E-state index in [9.17, 15) is 0 Å². The summed E-state index contributed by atoms with van der Waals surface area (Å²) >= 11 is 7.45. The van der Waals surface area contributed by atoms with Gasteiger partial charge in [0.05, 0.1) is 6.10 Å². The second kappa shape index (κ2) is 5.00. The maximum atomic E-state index is 6.15. The number of aryl methyl sites for hydroxylation is 1. The van der Waals surface area contributed by atoms with Crippen LogP contribution in [0.1, 0.15) is 37.8 Å². The molecule has 0 aromatic carbocycles. The molecule has 3 rings (SSSR count). The molecule has 3 heterocycles. The van der Waals surface area contributed by atoms with Crippen LogP contribution in [0.15, 0.2) is 18.3 Å². The van der Waals surface area contributed by atoms with Gasteiger partial charge in [-0.05, 0) is 37.8 Å². The average Bonchev–Trinajstić information content (AvgIpc) is 2.92. The van der Waals surface area contributed by atoms with Gasteiger partial charge in [-0.1, -0.05) is 26.1 Å². The van der Waals surface area contributed by atoms with E-state index in [1.54, 1.807) is 11.3 Å². The minimum atomic E-state index is 0.108. The molecule has 19 heavy (non-hydrogen) atoms. The topological polar surface area (TPSA) is 14.2 Å². The summed E-state index contributed by atoms with van der Waals surface area (Å²) in [6.45, 7) is 6.59. The third-order valence-corrected chi connectivity index (χ3v) is 5.43. The summed E-state index contributed by atoms with van der Waals surface area (Å²) in [6.07, 6.45) is 4.70. The number of hydrogen-bond acceptors (Lipinski definition) is 3. The minimum Gasteiger partial charge on any atom is -0.355 e. The second-order valence-corrected chi connectivity index (χ2v) is 7.09. The Morgan fingerprint density at radius 3 is 3.00 bits per heavy atom. The second-order valence-electron chi connectivity index (χ2n) is 5.41. The lowest BCUT2D eigenvalue weighted by molar-refractivity contribution is -0.00565. The molecule has 3 atom stereocenters. The molecule has 0 amide bonds. The lowest BCUT2D eigenvalue weighted by Crippen LogP contribution is -2.13. The number of aromatic nitrogens is 1. The van der Waals surface area contributed by atoms with Gasteiger partial charge in [-0.25, -0.2) is 0 Å². The predicted molar refractivity (Wildman–Crippen MR) is 83.4 cm³/mol. The molecule has 1 aliphatic heterocycles. The minimum absolute atomic E-state index is 0.108. The van der Waals surface area contributed by atoms with E-state index in [-0.39, 0.29) is 6.23 Å². The Balaban J connectivity index is 2.02. The molecule has 0 radical (unpaired) electrons. The summed E-state index contributed by atoms with van der Waals surface area (Å²) in [5.74, 6) is 0.608. The number of hydrogen-bond donors (Lipinski definition) is 0. The molecular weight excluding hydrogens is 274 g/mol. The Morgan fingerprint density at radius 2 is 2.32 bits per heavy atom. The van der Waals surface area contributed by atoms with Gasteiger partial charge in [0.15, 0.2) is 0 Å². The molecule has 2 aromatic heterocycles. The fraction of sp³-hybridized carbons (Fsp3) is 0.533. The Hall–Kier alpha value is -0.710. The van der Waals surface area contributed by atoms with Crippen LogP contribution in [0.4, 0.5) is 0 Å². The molecule has 1 saturated heterocycles. The first-order valence-electron chi connectivity index (χ1n) is 6.87. The van der Waals surface area contributed by atoms with Crippen molar-refractivity contribution in [1.82, 2.24) is 4.57 Å². The van der Waals surface area contributed by atoms with Crippen LogP contribution in [0.3, 0.4) is 0 Å². The summed E-state index contributed by atoms with van der Waals surface area (Å²) in [4.78, 5) is 1.31. The van der Waals surface area contributed by atoms with Gasteiger partial charge in [-0.2, -0.15) is 0 Å². The van der Waals surface area contributed by atoms with Crippen molar-refractivity contribution in [3.8, 4) is 0 Å². The van der Waals surface area contributed by atoms with E-state index >= 15 is 0 Å². The van der Waals surface area contributed by atoms with Crippen molar-refractivity contribution >= 4 is 33.6 Å². The highest BCUT2D eigenvalue weighted by Gasteiger charge is 2.31. The summed E-state index contributed by atoms with van der Waals surface area (Å²) < 4.78 is 10.5. The fourth-order valence-corrected chi connectivity index (χ4v) is 4.27. The van der Waals surface area contributed by atoms with Gasteiger partial charge in [0.25, 0.3) is 0 Å². The highest BCUT2D eigenvalue weighted by molar-refractivity contribution is 7.71. The Labute approximate surface area is 123 Å². The lowest BCUT2D eigenvalue weighted by Gasteiger charge is -2.16. The summed E-state index contributed by atoms with van der Waals surface area (Å²) in [5, 5.41) is 1.19. The van der Waals surface area contributed by atoms with E-state index in [0.29, 0.717) is 12.0 Å². The SMILES string of the molecule is CC[C@H]1O[C@@H](n2ccc3sc(C)cc3c2=S)C[C@H]1C. The van der Waals surface area contributed by atoms with Gasteiger partial charge in [0.2, 0.25) is 0 Å². The molecule has 0 spiro atoms. The number of nitrogens with zero attached hydrogens (tertiary/aromatic N) is 1. The van der Waals surface area contributed by atoms with Crippen LogP contribution in [0.5, 0.6) is 0 Å². The number of fused-ring (bicyclic) bond motifs is 1. The van der Waals surface area contributed by atoms with Gasteiger partial charge in [-0.3, -0.25) is 0 Å². The van der Waals surface area contributed by atoms with E-state index in [1.165, 1.54) is 15.0 Å². The van der Waals surface area contributed by atoms with Gasteiger partial charge >= 0.3 is 0 Å². The van der Waals surface area contributed by atoms with Crippen molar-refractivity contribution in [1.29, 1.82) is 0 Å². The molecule has 102 valence electrons. The number of rotatable bonds is 2. The smallest absolute Gasteiger partial charge is 0.135 e. The molecule has 2 nitrogen and oxygen atoms in total. The van der Waals surface area contributed by atoms with E-state index in [2.05, 4.69) is 43.7 Å². The zero-order valence-electron chi connectivity index (χ0n) is 11.6. The Morgan fingerprint density at radius 1 is 1.53 bits per heavy atom. The zero-order chi connectivity index (χ0) is 13.6. The highest BCUT2D eigenvalue weighted by Crippen LogP contribution is 2.36. The largest absolute Gasteiger partial charge is 0.355 e. The van der Waals surface area contributed by atoms with Gasteiger partial charge in [0.1, 0.15) is 10.9 Å². The molecule has 0 N–H and O–H groups in total. The standard InChI is InChI=1S/C15H19NOS2/c1-4-12-9(2)7-14(17-12)16-6-5-13-11(15(16)18)8-10(3)19-13/h5-6,8-9,12,14H,4,7H2,1-3H3/t9-,12-,14-/m1/s1. The van der Waals surface area contributed by atoms with E-state index < -0.39 is 0 Å². The molecule has 0 bridgehead atoms. The molecule has 0 saturated carbocycles. The third-order valence-electron chi connectivity index (χ3n) is 3.99. The van der Waals surface area contributed by atoms with Crippen LogP contribution >= 0.6 is 23.6 Å². The molecule has 0 unspecified atom stereocenters. The van der Waals surface area contributed by atoms with E-state index in [0.717, 1.165) is 17.5 Å². The monoisotopic (exact) mass is 293 g/mol. The maximum Gasteiger partial charge on any atom is 0.135 e. The molecule has 0 aliphatic carbocycles. The third kappa shape index (κ3) is 2.26. The van der Waals surface area contributed by atoms with Crippen molar-refractivity contribution in [3.63, 3.8) is 0 Å².